The Morgan fingerprint density at radius 1 is 0.968 bits per heavy atom. The number of nitrogens with zero attached hydrogens (tertiary/aromatic N) is 2. The minimum absolute atomic E-state index is 0.0784. The molecule has 0 atom stereocenters. The van der Waals surface area contributed by atoms with Crippen molar-refractivity contribution in [1.82, 2.24) is 14.5 Å². The number of ether oxygens (including phenoxy) is 1. The number of carbonyl (C=O) groups is 1. The maximum absolute atomic E-state index is 12.8. The molecule has 1 N–H and O–H groups in total. The average Bonchev–Trinajstić information content (AvgIpc) is 3.32. The summed E-state index contributed by atoms with van der Waals surface area (Å²) in [6.45, 7) is 5.41. The van der Waals surface area contributed by atoms with Crippen LogP contribution in [0, 0.1) is 0 Å². The summed E-state index contributed by atoms with van der Waals surface area (Å²) in [6, 6.07) is 10.8. The first kappa shape index (κ1) is 22.4. The molecular formula is C22H29N3O4S2. The van der Waals surface area contributed by atoms with Gasteiger partial charge in [-0.2, -0.15) is 4.31 Å². The molecule has 4 rings (SSSR count). The van der Waals surface area contributed by atoms with Gasteiger partial charge in [-0.3, -0.25) is 4.79 Å². The molecule has 7 nitrogen and oxygen atoms in total. The zero-order valence-corrected chi connectivity index (χ0v) is 19.2. The zero-order chi connectivity index (χ0) is 21.7. The summed E-state index contributed by atoms with van der Waals surface area (Å²) < 4.78 is 32.7. The molecule has 0 radical (unpaired) electrons. The second kappa shape index (κ2) is 10.2. The standard InChI is InChI=1S/C22H29N3O4S2/c26-22(23-10-13-24-11-2-1-3-12-24)19-6-4-18(5-7-19)20-8-9-21(30-20)31(27,28)25-14-16-29-17-15-25/h4-9H,1-3,10-17H2,(H,23,26). The van der Waals surface area contributed by atoms with Gasteiger partial charge >= 0.3 is 0 Å². The third kappa shape index (κ3) is 5.53. The first-order chi connectivity index (χ1) is 15.0. The maximum atomic E-state index is 12.8. The molecule has 2 fully saturated rings. The number of benzene rings is 1. The summed E-state index contributed by atoms with van der Waals surface area (Å²) >= 11 is 1.25. The Morgan fingerprint density at radius 3 is 2.39 bits per heavy atom. The van der Waals surface area contributed by atoms with E-state index in [1.54, 1.807) is 18.2 Å². The van der Waals surface area contributed by atoms with Crippen molar-refractivity contribution in [2.45, 2.75) is 23.5 Å². The van der Waals surface area contributed by atoms with Crippen molar-refractivity contribution < 1.29 is 17.9 Å². The topological polar surface area (TPSA) is 79.0 Å². The van der Waals surface area contributed by atoms with Crippen LogP contribution in [0.5, 0.6) is 0 Å². The number of hydrogen-bond donors (Lipinski definition) is 1. The van der Waals surface area contributed by atoms with Gasteiger partial charge in [0.25, 0.3) is 15.9 Å². The smallest absolute Gasteiger partial charge is 0.252 e. The molecule has 2 aromatic rings. The van der Waals surface area contributed by atoms with Gasteiger partial charge in [0.2, 0.25) is 0 Å². The average molecular weight is 464 g/mol. The van der Waals surface area contributed by atoms with E-state index < -0.39 is 10.0 Å². The van der Waals surface area contributed by atoms with Gasteiger partial charge in [-0.25, -0.2) is 8.42 Å². The Hall–Kier alpha value is -1.78. The highest BCUT2D eigenvalue weighted by atomic mass is 32.2. The quantitative estimate of drug-likeness (QED) is 0.683. The van der Waals surface area contributed by atoms with Crippen LogP contribution in [-0.2, 0) is 14.8 Å². The number of carbonyl (C=O) groups excluding carboxylic acids is 1. The van der Waals surface area contributed by atoms with Gasteiger partial charge in [0.15, 0.2) is 0 Å². The second-order valence-corrected chi connectivity index (χ2v) is 11.1. The van der Waals surface area contributed by atoms with Crippen LogP contribution in [0.25, 0.3) is 10.4 Å². The number of rotatable bonds is 7. The van der Waals surface area contributed by atoms with Crippen molar-refractivity contribution in [2.75, 3.05) is 52.5 Å². The number of amides is 1. The van der Waals surface area contributed by atoms with Crippen LogP contribution < -0.4 is 5.32 Å². The SMILES string of the molecule is O=C(NCCN1CCCCC1)c1ccc(-c2ccc(S(=O)(=O)N3CCOCC3)s2)cc1. The monoisotopic (exact) mass is 463 g/mol. The third-order valence-corrected chi connectivity index (χ3v) is 9.24. The number of piperidine rings is 1. The molecule has 0 bridgehead atoms. The molecule has 1 aromatic heterocycles. The van der Waals surface area contributed by atoms with Crippen molar-refractivity contribution in [3.8, 4) is 10.4 Å². The van der Waals surface area contributed by atoms with Gasteiger partial charge in [0.1, 0.15) is 4.21 Å². The van der Waals surface area contributed by atoms with Crippen LogP contribution in [0.15, 0.2) is 40.6 Å². The van der Waals surface area contributed by atoms with Crippen LogP contribution in [0.3, 0.4) is 0 Å². The van der Waals surface area contributed by atoms with Crippen molar-refractivity contribution in [2.24, 2.45) is 0 Å². The van der Waals surface area contributed by atoms with Crippen molar-refractivity contribution in [1.29, 1.82) is 0 Å². The summed E-state index contributed by atoms with van der Waals surface area (Å²) in [4.78, 5) is 15.7. The van der Waals surface area contributed by atoms with Gasteiger partial charge < -0.3 is 15.0 Å². The number of sulfonamides is 1. The van der Waals surface area contributed by atoms with Crippen molar-refractivity contribution in [3.05, 3.63) is 42.0 Å². The molecule has 9 heteroatoms. The molecule has 2 aliphatic rings. The van der Waals surface area contributed by atoms with E-state index in [-0.39, 0.29) is 5.91 Å². The Balaban J connectivity index is 1.35. The van der Waals surface area contributed by atoms with Gasteiger partial charge in [0, 0.05) is 36.6 Å². The van der Waals surface area contributed by atoms with E-state index in [9.17, 15) is 13.2 Å². The first-order valence-corrected chi connectivity index (χ1v) is 13.1. The van der Waals surface area contributed by atoms with E-state index in [0.29, 0.717) is 42.6 Å². The molecule has 0 aliphatic carbocycles. The predicted octanol–water partition coefficient (Wildman–Crippen LogP) is 2.65. The number of morpholine rings is 1. The molecule has 168 valence electrons. The van der Waals surface area contributed by atoms with E-state index in [1.165, 1.54) is 34.9 Å². The zero-order valence-electron chi connectivity index (χ0n) is 17.6. The lowest BCUT2D eigenvalue weighted by molar-refractivity contribution is 0.0731. The molecule has 3 heterocycles. The molecule has 31 heavy (non-hydrogen) atoms. The molecule has 1 aromatic carbocycles. The summed E-state index contributed by atoms with van der Waals surface area (Å²) in [6.07, 6.45) is 3.79. The molecule has 2 aliphatic heterocycles. The summed E-state index contributed by atoms with van der Waals surface area (Å²) in [7, 11) is -3.49. The van der Waals surface area contributed by atoms with Crippen LogP contribution in [0.2, 0.25) is 0 Å². The highest BCUT2D eigenvalue weighted by Gasteiger charge is 2.27. The fraction of sp³-hybridized carbons (Fsp3) is 0.500. The fourth-order valence-corrected chi connectivity index (χ4v) is 6.80. The largest absolute Gasteiger partial charge is 0.379 e. The number of nitrogens with one attached hydrogen (secondary N) is 1. The molecular weight excluding hydrogens is 434 g/mol. The minimum Gasteiger partial charge on any atom is -0.379 e. The summed E-state index contributed by atoms with van der Waals surface area (Å²) in [5.74, 6) is -0.0784. The van der Waals surface area contributed by atoms with Crippen LogP contribution >= 0.6 is 11.3 Å². The Labute approximate surface area is 188 Å². The number of hydrogen-bond acceptors (Lipinski definition) is 6. The highest BCUT2D eigenvalue weighted by molar-refractivity contribution is 7.91. The van der Waals surface area contributed by atoms with Crippen molar-refractivity contribution in [3.63, 3.8) is 0 Å². The van der Waals surface area contributed by atoms with Gasteiger partial charge in [-0.05, 0) is 55.8 Å². The van der Waals surface area contributed by atoms with Crippen molar-refractivity contribution >= 4 is 27.3 Å². The third-order valence-electron chi connectivity index (χ3n) is 5.74. The molecule has 0 unspecified atom stereocenters. The highest BCUT2D eigenvalue weighted by Crippen LogP contribution is 2.32. The lowest BCUT2D eigenvalue weighted by Gasteiger charge is -2.26. The van der Waals surface area contributed by atoms with E-state index in [2.05, 4.69) is 10.2 Å². The summed E-state index contributed by atoms with van der Waals surface area (Å²) in [5, 5.41) is 2.99. The molecule has 0 spiro atoms. The van der Waals surface area contributed by atoms with E-state index in [0.717, 1.165) is 30.1 Å². The van der Waals surface area contributed by atoms with Gasteiger partial charge in [0.05, 0.1) is 13.2 Å². The van der Waals surface area contributed by atoms with E-state index >= 15 is 0 Å². The Bertz CT molecular complexity index is 976. The minimum atomic E-state index is -3.49. The first-order valence-electron chi connectivity index (χ1n) is 10.8. The van der Waals surface area contributed by atoms with Gasteiger partial charge in [-0.1, -0.05) is 18.6 Å². The lowest BCUT2D eigenvalue weighted by Crippen LogP contribution is -2.40. The van der Waals surface area contributed by atoms with E-state index in [1.807, 2.05) is 18.2 Å². The van der Waals surface area contributed by atoms with Crippen LogP contribution in [-0.4, -0.2) is 76.0 Å². The van der Waals surface area contributed by atoms with Crippen LogP contribution in [0.4, 0.5) is 0 Å². The molecule has 0 saturated carbocycles. The van der Waals surface area contributed by atoms with Gasteiger partial charge in [-0.15, -0.1) is 11.3 Å². The van der Waals surface area contributed by atoms with E-state index in [4.69, 9.17) is 4.74 Å². The second-order valence-electron chi connectivity index (χ2n) is 7.87. The lowest BCUT2D eigenvalue weighted by atomic mass is 10.1. The Morgan fingerprint density at radius 2 is 1.68 bits per heavy atom. The molecule has 1 amide bonds. The van der Waals surface area contributed by atoms with Crippen LogP contribution in [0.1, 0.15) is 29.6 Å². The maximum Gasteiger partial charge on any atom is 0.252 e. The molecule has 2 saturated heterocycles. The predicted molar refractivity (Wildman–Crippen MR) is 122 cm³/mol. The normalized spacial score (nSPS) is 18.7. The number of likely N-dealkylation sites (tertiary alicyclic amines) is 1. The number of thiophene rings is 1. The fourth-order valence-electron chi connectivity index (χ4n) is 3.93. The Kier molecular flexibility index (Phi) is 7.39. The summed E-state index contributed by atoms with van der Waals surface area (Å²) in [5.41, 5.74) is 1.51.